The van der Waals surface area contributed by atoms with Crippen molar-refractivity contribution in [1.29, 1.82) is 0 Å². The normalized spacial score (nSPS) is 18.2. The number of aryl methyl sites for hydroxylation is 2. The van der Waals surface area contributed by atoms with E-state index in [1.54, 1.807) is 11.3 Å². The van der Waals surface area contributed by atoms with E-state index in [0.29, 0.717) is 0 Å². The van der Waals surface area contributed by atoms with Gasteiger partial charge in [0.2, 0.25) is 0 Å². The van der Waals surface area contributed by atoms with E-state index in [0.717, 1.165) is 55.3 Å². The Morgan fingerprint density at radius 1 is 1.38 bits per heavy atom. The Morgan fingerprint density at radius 2 is 2.08 bits per heavy atom. The Labute approximate surface area is 168 Å². The maximum absolute atomic E-state index is 4.50. The van der Waals surface area contributed by atoms with Crippen molar-refractivity contribution in [2.75, 3.05) is 39.8 Å². The SMILES string of the molecule is CCN(CC)CC1CCN(C(=NC)NCc2sc(C)nc2C)C1.I. The van der Waals surface area contributed by atoms with Crippen molar-refractivity contribution in [3.05, 3.63) is 15.6 Å². The number of halogens is 1. The summed E-state index contributed by atoms with van der Waals surface area (Å²) in [4.78, 5) is 15.2. The number of likely N-dealkylation sites (tertiary alicyclic amines) is 1. The van der Waals surface area contributed by atoms with Gasteiger partial charge in [-0.3, -0.25) is 4.99 Å². The highest BCUT2D eigenvalue weighted by Crippen LogP contribution is 2.19. The largest absolute Gasteiger partial charge is 0.351 e. The maximum atomic E-state index is 4.50. The second kappa shape index (κ2) is 10.6. The Kier molecular flexibility index (Phi) is 9.51. The molecule has 2 rings (SSSR count). The Bertz CT molecular complexity index is 527. The molecule has 2 heterocycles. The number of thiazole rings is 1. The molecule has 24 heavy (non-hydrogen) atoms. The van der Waals surface area contributed by atoms with Crippen LogP contribution in [0, 0.1) is 19.8 Å². The number of nitrogens with one attached hydrogen (secondary N) is 1. The van der Waals surface area contributed by atoms with E-state index in [9.17, 15) is 0 Å². The van der Waals surface area contributed by atoms with Crippen LogP contribution >= 0.6 is 35.3 Å². The fraction of sp³-hybridized carbons (Fsp3) is 0.765. The quantitative estimate of drug-likeness (QED) is 0.399. The van der Waals surface area contributed by atoms with Crippen molar-refractivity contribution in [1.82, 2.24) is 20.1 Å². The molecule has 0 radical (unpaired) electrons. The summed E-state index contributed by atoms with van der Waals surface area (Å²) < 4.78 is 0. The molecule has 138 valence electrons. The van der Waals surface area contributed by atoms with Gasteiger partial charge in [-0.25, -0.2) is 4.98 Å². The van der Waals surface area contributed by atoms with Crippen molar-refractivity contribution in [3.63, 3.8) is 0 Å². The molecule has 7 heteroatoms. The molecule has 1 atom stereocenters. The number of aliphatic imine (C=N–C) groups is 1. The van der Waals surface area contributed by atoms with Crippen molar-refractivity contribution in [2.24, 2.45) is 10.9 Å². The van der Waals surface area contributed by atoms with E-state index in [1.807, 2.05) is 7.05 Å². The van der Waals surface area contributed by atoms with Crippen molar-refractivity contribution in [3.8, 4) is 0 Å². The van der Waals surface area contributed by atoms with E-state index < -0.39 is 0 Å². The van der Waals surface area contributed by atoms with E-state index in [-0.39, 0.29) is 24.0 Å². The lowest BCUT2D eigenvalue weighted by molar-refractivity contribution is 0.255. The molecule has 1 aliphatic heterocycles. The summed E-state index contributed by atoms with van der Waals surface area (Å²) in [7, 11) is 1.88. The van der Waals surface area contributed by atoms with Crippen LogP contribution in [0.15, 0.2) is 4.99 Å². The Hall–Kier alpha value is -0.410. The highest BCUT2D eigenvalue weighted by Gasteiger charge is 2.26. The van der Waals surface area contributed by atoms with Crippen LogP contribution in [0.25, 0.3) is 0 Å². The Balaban J connectivity index is 0.00000288. The zero-order valence-electron chi connectivity index (χ0n) is 15.6. The highest BCUT2D eigenvalue weighted by atomic mass is 127. The molecule has 1 aliphatic rings. The highest BCUT2D eigenvalue weighted by molar-refractivity contribution is 14.0. The second-order valence-corrected chi connectivity index (χ2v) is 7.52. The van der Waals surface area contributed by atoms with Gasteiger partial charge in [0.1, 0.15) is 0 Å². The van der Waals surface area contributed by atoms with Crippen LogP contribution in [-0.2, 0) is 6.54 Å². The molecule has 1 unspecified atom stereocenters. The predicted octanol–water partition coefficient (Wildman–Crippen LogP) is 3.12. The third-order valence-electron chi connectivity index (χ3n) is 4.61. The second-order valence-electron chi connectivity index (χ2n) is 6.23. The molecule has 1 saturated heterocycles. The fourth-order valence-electron chi connectivity index (χ4n) is 3.25. The predicted molar refractivity (Wildman–Crippen MR) is 115 cm³/mol. The van der Waals surface area contributed by atoms with Gasteiger partial charge in [-0.2, -0.15) is 0 Å². The molecule has 0 saturated carbocycles. The summed E-state index contributed by atoms with van der Waals surface area (Å²) in [6.07, 6.45) is 1.26. The van der Waals surface area contributed by atoms with E-state index in [1.165, 1.54) is 17.8 Å². The number of aromatic nitrogens is 1. The van der Waals surface area contributed by atoms with Crippen LogP contribution in [-0.4, -0.2) is 60.5 Å². The lowest BCUT2D eigenvalue weighted by atomic mass is 10.1. The van der Waals surface area contributed by atoms with Crippen LogP contribution in [0.2, 0.25) is 0 Å². The lowest BCUT2D eigenvalue weighted by Crippen LogP contribution is -2.40. The minimum Gasteiger partial charge on any atom is -0.351 e. The molecule has 0 amide bonds. The van der Waals surface area contributed by atoms with Gasteiger partial charge in [-0.05, 0) is 39.3 Å². The third-order valence-corrected chi connectivity index (χ3v) is 5.69. The summed E-state index contributed by atoms with van der Waals surface area (Å²) in [5, 5.41) is 4.65. The summed E-state index contributed by atoms with van der Waals surface area (Å²) in [5.41, 5.74) is 1.14. The van der Waals surface area contributed by atoms with Crippen molar-refractivity contribution in [2.45, 2.75) is 40.7 Å². The summed E-state index contributed by atoms with van der Waals surface area (Å²) in [6, 6.07) is 0. The number of hydrogen-bond acceptors (Lipinski definition) is 4. The average Bonchev–Trinajstić information content (AvgIpc) is 3.12. The number of nitrogens with zero attached hydrogens (tertiary/aromatic N) is 4. The molecule has 5 nitrogen and oxygen atoms in total. The fourth-order valence-corrected chi connectivity index (χ4v) is 4.13. The van der Waals surface area contributed by atoms with Gasteiger partial charge in [0, 0.05) is 31.6 Å². The first kappa shape index (κ1) is 21.6. The zero-order valence-corrected chi connectivity index (χ0v) is 18.8. The van der Waals surface area contributed by atoms with Crippen molar-refractivity contribution < 1.29 is 0 Å². The third kappa shape index (κ3) is 5.84. The first-order valence-corrected chi connectivity index (χ1v) is 9.49. The monoisotopic (exact) mass is 465 g/mol. The molecule has 0 spiro atoms. The molecule has 1 N–H and O–H groups in total. The molecule has 0 bridgehead atoms. The lowest BCUT2D eigenvalue weighted by Gasteiger charge is -2.24. The van der Waals surface area contributed by atoms with Gasteiger partial charge >= 0.3 is 0 Å². The molecule has 1 fully saturated rings. The topological polar surface area (TPSA) is 43.8 Å². The van der Waals surface area contributed by atoms with E-state index in [2.05, 4.69) is 52.8 Å². The zero-order chi connectivity index (χ0) is 16.8. The van der Waals surface area contributed by atoms with Gasteiger partial charge in [0.05, 0.1) is 17.2 Å². The van der Waals surface area contributed by atoms with Gasteiger partial charge in [0.15, 0.2) is 5.96 Å². The number of guanidine groups is 1. The first-order valence-electron chi connectivity index (χ1n) is 8.68. The van der Waals surface area contributed by atoms with Gasteiger partial charge < -0.3 is 15.1 Å². The first-order chi connectivity index (χ1) is 11.1. The maximum Gasteiger partial charge on any atom is 0.193 e. The van der Waals surface area contributed by atoms with Crippen molar-refractivity contribution >= 4 is 41.3 Å². The van der Waals surface area contributed by atoms with Gasteiger partial charge in [-0.15, -0.1) is 35.3 Å². The number of rotatable bonds is 6. The van der Waals surface area contributed by atoms with E-state index >= 15 is 0 Å². The minimum absolute atomic E-state index is 0. The molecule has 0 aromatic carbocycles. The smallest absolute Gasteiger partial charge is 0.193 e. The summed E-state index contributed by atoms with van der Waals surface area (Å²) >= 11 is 1.77. The minimum atomic E-state index is 0. The van der Waals surface area contributed by atoms with Crippen LogP contribution in [0.5, 0.6) is 0 Å². The van der Waals surface area contributed by atoms with Crippen LogP contribution in [0.1, 0.15) is 35.8 Å². The van der Waals surface area contributed by atoms with Gasteiger partial charge in [0.25, 0.3) is 0 Å². The van der Waals surface area contributed by atoms with Crippen LogP contribution in [0.4, 0.5) is 0 Å². The van der Waals surface area contributed by atoms with Crippen LogP contribution in [0.3, 0.4) is 0 Å². The molecule has 1 aromatic heterocycles. The molecular formula is C17H32IN5S. The van der Waals surface area contributed by atoms with Crippen LogP contribution < -0.4 is 5.32 Å². The van der Waals surface area contributed by atoms with E-state index in [4.69, 9.17) is 0 Å². The summed E-state index contributed by atoms with van der Waals surface area (Å²) in [5.74, 6) is 1.78. The summed E-state index contributed by atoms with van der Waals surface area (Å²) in [6.45, 7) is 15.2. The molecular weight excluding hydrogens is 433 g/mol. The van der Waals surface area contributed by atoms with Gasteiger partial charge in [-0.1, -0.05) is 13.8 Å². The number of hydrogen-bond donors (Lipinski definition) is 1. The Morgan fingerprint density at radius 3 is 2.62 bits per heavy atom. The standard InChI is InChI=1S/C17H31N5S.HI/c1-6-21(7-2)11-15-8-9-22(12-15)17(18-5)19-10-16-13(3)20-14(4)23-16;/h15H,6-12H2,1-5H3,(H,18,19);1H. The molecule has 1 aromatic rings. The molecule has 0 aliphatic carbocycles. The average molecular weight is 465 g/mol.